The third kappa shape index (κ3) is 12.0. The van der Waals surface area contributed by atoms with Crippen molar-refractivity contribution in [1.82, 2.24) is 5.06 Å². The Labute approximate surface area is 202 Å². The Kier molecular flexibility index (Phi) is 11.4. The number of ketones is 1. The molecule has 1 aromatic carbocycles. The summed E-state index contributed by atoms with van der Waals surface area (Å²) in [6.45, 7) is 12.3. The normalized spacial score (nSPS) is 14.0. The average molecular weight is 478 g/mol. The van der Waals surface area contributed by atoms with E-state index in [1.54, 1.807) is 54.5 Å². The maximum Gasteiger partial charge on any atom is 0.435 e. The molecule has 8 nitrogen and oxygen atoms in total. The van der Waals surface area contributed by atoms with Gasteiger partial charge >= 0.3 is 12.1 Å². The zero-order chi connectivity index (χ0) is 25.9. The number of allylic oxidation sites excluding steroid dienone is 1. The number of amides is 1. The number of hydrogen-bond acceptors (Lipinski definition) is 6. The van der Waals surface area contributed by atoms with Crippen molar-refractivity contribution in [3.05, 3.63) is 48.0 Å². The second-order valence-corrected chi connectivity index (χ2v) is 10.0. The number of hydroxylamine groups is 2. The Morgan fingerprint density at radius 3 is 2.18 bits per heavy atom. The Bertz CT molecular complexity index is 822. The minimum absolute atomic E-state index is 0.128. The van der Waals surface area contributed by atoms with Crippen LogP contribution < -0.4 is 0 Å². The lowest BCUT2D eigenvalue weighted by Crippen LogP contribution is -2.50. The minimum atomic E-state index is -1.23. The first-order chi connectivity index (χ1) is 15.7. The van der Waals surface area contributed by atoms with Crippen LogP contribution in [-0.2, 0) is 30.5 Å². The van der Waals surface area contributed by atoms with E-state index in [-0.39, 0.29) is 12.2 Å². The van der Waals surface area contributed by atoms with Crippen molar-refractivity contribution in [2.75, 3.05) is 0 Å². The molecule has 0 saturated carbocycles. The fourth-order valence-corrected chi connectivity index (χ4v) is 2.81. The highest BCUT2D eigenvalue weighted by atomic mass is 16.7. The predicted octanol–water partition coefficient (Wildman–Crippen LogP) is 5.31. The monoisotopic (exact) mass is 477 g/mol. The lowest BCUT2D eigenvalue weighted by atomic mass is 10.1. The van der Waals surface area contributed by atoms with Crippen molar-refractivity contribution >= 4 is 17.8 Å². The molecule has 0 aliphatic carbocycles. The van der Waals surface area contributed by atoms with Gasteiger partial charge < -0.3 is 14.6 Å². The molecule has 0 spiro atoms. The standard InChI is InChI=1S/C26H39NO7/c1-19(32-18-20-14-10-8-11-15-20)22(28)17-13-9-12-16-21(23(29)30)27(34-26(5,6)7)24(31)33-25(2,3)4/h8,10-11,13-15,17,19,21H,9,12,16,18H2,1-7H3,(H,29,30)/b17-13+/t19?,21-/m0/s1. The van der Waals surface area contributed by atoms with Crippen LogP contribution >= 0.6 is 0 Å². The molecule has 1 N–H and O–H groups in total. The molecule has 34 heavy (non-hydrogen) atoms. The van der Waals surface area contributed by atoms with E-state index in [9.17, 15) is 19.5 Å². The van der Waals surface area contributed by atoms with Gasteiger partial charge in [-0.2, -0.15) is 5.06 Å². The van der Waals surface area contributed by atoms with Gasteiger partial charge in [0.15, 0.2) is 11.8 Å². The second-order valence-electron chi connectivity index (χ2n) is 10.0. The molecule has 0 heterocycles. The van der Waals surface area contributed by atoms with Gasteiger partial charge in [-0.3, -0.25) is 9.63 Å². The Hall–Kier alpha value is -2.71. The molecule has 2 atom stereocenters. The highest BCUT2D eigenvalue weighted by molar-refractivity contribution is 5.93. The summed E-state index contributed by atoms with van der Waals surface area (Å²) in [5.41, 5.74) is -0.618. The molecule has 1 unspecified atom stereocenters. The van der Waals surface area contributed by atoms with Gasteiger partial charge in [0.25, 0.3) is 0 Å². The zero-order valence-corrected chi connectivity index (χ0v) is 21.4. The van der Waals surface area contributed by atoms with Crippen LogP contribution in [-0.4, -0.2) is 51.4 Å². The molecule has 1 aromatic rings. The van der Waals surface area contributed by atoms with Crippen LogP contribution in [0.2, 0.25) is 0 Å². The number of carboxylic acids is 1. The highest BCUT2D eigenvalue weighted by Crippen LogP contribution is 2.21. The molecule has 0 aliphatic rings. The molecule has 0 fully saturated rings. The fraction of sp³-hybridized carbons (Fsp3) is 0.577. The fourth-order valence-electron chi connectivity index (χ4n) is 2.81. The zero-order valence-electron chi connectivity index (χ0n) is 21.4. The van der Waals surface area contributed by atoms with Gasteiger partial charge in [-0.05, 0) is 79.4 Å². The van der Waals surface area contributed by atoms with Crippen LogP contribution in [0.25, 0.3) is 0 Å². The Morgan fingerprint density at radius 2 is 1.65 bits per heavy atom. The van der Waals surface area contributed by atoms with Crippen molar-refractivity contribution in [1.29, 1.82) is 0 Å². The molecule has 0 aromatic heterocycles. The molecule has 8 heteroatoms. The van der Waals surface area contributed by atoms with Gasteiger partial charge in [-0.25, -0.2) is 9.59 Å². The minimum Gasteiger partial charge on any atom is -0.480 e. The van der Waals surface area contributed by atoms with E-state index in [1.165, 1.54) is 6.08 Å². The third-order valence-electron chi connectivity index (χ3n) is 4.39. The number of nitrogens with zero attached hydrogens (tertiary/aromatic N) is 1. The van der Waals surface area contributed by atoms with E-state index < -0.39 is 35.4 Å². The quantitative estimate of drug-likeness (QED) is 0.247. The van der Waals surface area contributed by atoms with E-state index in [0.29, 0.717) is 19.4 Å². The number of carbonyl (C=O) groups excluding carboxylic acids is 2. The number of aliphatic carboxylic acids is 1. The molecular weight excluding hydrogens is 438 g/mol. The summed E-state index contributed by atoms with van der Waals surface area (Å²) >= 11 is 0. The summed E-state index contributed by atoms with van der Waals surface area (Å²) < 4.78 is 11.0. The van der Waals surface area contributed by atoms with Gasteiger partial charge in [-0.1, -0.05) is 36.4 Å². The number of rotatable bonds is 12. The van der Waals surface area contributed by atoms with Crippen LogP contribution in [0.4, 0.5) is 4.79 Å². The summed E-state index contributed by atoms with van der Waals surface area (Å²) in [6, 6.07) is 8.35. The summed E-state index contributed by atoms with van der Waals surface area (Å²) in [7, 11) is 0. The third-order valence-corrected chi connectivity index (χ3v) is 4.39. The second kappa shape index (κ2) is 13.2. The number of hydrogen-bond donors (Lipinski definition) is 1. The van der Waals surface area contributed by atoms with Crippen LogP contribution in [0.5, 0.6) is 0 Å². The first-order valence-electron chi connectivity index (χ1n) is 11.5. The van der Waals surface area contributed by atoms with Gasteiger partial charge in [-0.15, -0.1) is 0 Å². The topological polar surface area (TPSA) is 102 Å². The predicted molar refractivity (Wildman–Crippen MR) is 129 cm³/mol. The van der Waals surface area contributed by atoms with Crippen LogP contribution in [0.15, 0.2) is 42.5 Å². The van der Waals surface area contributed by atoms with E-state index in [4.69, 9.17) is 14.3 Å². The van der Waals surface area contributed by atoms with Crippen molar-refractivity contribution < 1.29 is 33.8 Å². The van der Waals surface area contributed by atoms with E-state index in [0.717, 1.165) is 10.6 Å². The Balaban J connectivity index is 2.65. The summed E-state index contributed by atoms with van der Waals surface area (Å²) in [6.07, 6.45) is 2.69. The largest absolute Gasteiger partial charge is 0.480 e. The highest BCUT2D eigenvalue weighted by Gasteiger charge is 2.36. The lowest BCUT2D eigenvalue weighted by molar-refractivity contribution is -0.233. The number of ether oxygens (including phenoxy) is 2. The van der Waals surface area contributed by atoms with Crippen molar-refractivity contribution in [2.45, 2.75) is 97.7 Å². The van der Waals surface area contributed by atoms with E-state index in [2.05, 4.69) is 0 Å². The van der Waals surface area contributed by atoms with Gasteiger partial charge in [0.2, 0.25) is 0 Å². The number of unbranched alkanes of at least 4 members (excludes halogenated alkanes) is 1. The molecule has 0 saturated heterocycles. The van der Waals surface area contributed by atoms with Crippen molar-refractivity contribution in [2.24, 2.45) is 0 Å². The molecule has 0 aliphatic heterocycles. The van der Waals surface area contributed by atoms with Crippen LogP contribution in [0.3, 0.4) is 0 Å². The van der Waals surface area contributed by atoms with Crippen LogP contribution in [0, 0.1) is 0 Å². The molecule has 190 valence electrons. The summed E-state index contributed by atoms with van der Waals surface area (Å²) in [4.78, 5) is 42.5. The average Bonchev–Trinajstić information content (AvgIpc) is 2.71. The molecule has 1 amide bonds. The SMILES string of the molecule is CC(OCc1ccccc1)C(=O)/C=C/CCC[C@@H](C(=O)O)N(OC(C)(C)C)C(=O)OC(C)(C)C. The smallest absolute Gasteiger partial charge is 0.435 e. The Morgan fingerprint density at radius 1 is 1.03 bits per heavy atom. The number of carboxylic acid groups (broad SMARTS) is 1. The first kappa shape index (κ1) is 29.3. The lowest BCUT2D eigenvalue weighted by Gasteiger charge is -2.34. The van der Waals surface area contributed by atoms with Gasteiger partial charge in [0.1, 0.15) is 11.7 Å². The maximum atomic E-state index is 12.6. The molecular formula is C26H39NO7. The van der Waals surface area contributed by atoms with Crippen molar-refractivity contribution in [3.8, 4) is 0 Å². The van der Waals surface area contributed by atoms with Gasteiger partial charge in [0, 0.05) is 0 Å². The molecule has 0 radical (unpaired) electrons. The van der Waals surface area contributed by atoms with E-state index in [1.807, 2.05) is 30.3 Å². The molecule has 0 bridgehead atoms. The van der Waals surface area contributed by atoms with Gasteiger partial charge in [0.05, 0.1) is 12.2 Å². The summed E-state index contributed by atoms with van der Waals surface area (Å²) in [5.74, 6) is -1.37. The number of benzene rings is 1. The number of carbonyl (C=O) groups is 3. The van der Waals surface area contributed by atoms with Crippen molar-refractivity contribution in [3.63, 3.8) is 0 Å². The maximum absolute atomic E-state index is 12.6. The first-order valence-corrected chi connectivity index (χ1v) is 11.5. The van der Waals surface area contributed by atoms with Crippen LogP contribution in [0.1, 0.15) is 73.3 Å². The summed E-state index contributed by atoms with van der Waals surface area (Å²) in [5, 5.41) is 10.5. The molecule has 1 rings (SSSR count). The van der Waals surface area contributed by atoms with E-state index >= 15 is 0 Å².